The van der Waals surface area contributed by atoms with Crippen molar-refractivity contribution in [1.29, 1.82) is 0 Å². The summed E-state index contributed by atoms with van der Waals surface area (Å²) in [4.78, 5) is 0. The minimum absolute atomic E-state index is 0.00757. The predicted molar refractivity (Wildman–Crippen MR) is 77.8 cm³/mol. The van der Waals surface area contributed by atoms with Crippen LogP contribution >= 0.6 is 0 Å². The summed E-state index contributed by atoms with van der Waals surface area (Å²) in [7, 11) is 0. The molecule has 2 rings (SSSR count). The average Bonchev–Trinajstić information content (AvgIpc) is 2.47. The Morgan fingerprint density at radius 3 is 2.26 bits per heavy atom. The number of hydrogen-bond donors (Lipinski definition) is 2. The van der Waals surface area contributed by atoms with Gasteiger partial charge in [0.15, 0.2) is 0 Å². The Morgan fingerprint density at radius 2 is 1.63 bits per heavy atom. The van der Waals surface area contributed by atoms with Gasteiger partial charge in [0.25, 0.3) is 0 Å². The zero-order valence-electron chi connectivity index (χ0n) is 11.0. The van der Waals surface area contributed by atoms with Crippen molar-refractivity contribution >= 4 is 0 Å². The van der Waals surface area contributed by atoms with Crippen LogP contribution in [0.15, 0.2) is 54.6 Å². The first-order chi connectivity index (χ1) is 9.29. The van der Waals surface area contributed by atoms with Gasteiger partial charge >= 0.3 is 0 Å². The highest BCUT2D eigenvalue weighted by Gasteiger charge is 2.04. The van der Waals surface area contributed by atoms with Gasteiger partial charge in [-0.3, -0.25) is 0 Å². The fourth-order valence-electron chi connectivity index (χ4n) is 1.90. The van der Waals surface area contributed by atoms with Crippen molar-refractivity contribution in [3.63, 3.8) is 0 Å². The van der Waals surface area contributed by atoms with Gasteiger partial charge in [-0.2, -0.15) is 0 Å². The molecule has 0 heterocycles. The fourth-order valence-corrected chi connectivity index (χ4v) is 1.90. The molecule has 0 saturated heterocycles. The number of nitrogens with two attached hydrogens (primary N) is 2. The molecule has 0 aliphatic heterocycles. The summed E-state index contributed by atoms with van der Waals surface area (Å²) in [6.45, 7) is 1.18. The average molecular weight is 256 g/mol. The standard InChI is InChI=1S/C16H20N2O/c17-11-10-16(18)14-6-8-15(9-7-14)19-12-13-4-2-1-3-5-13/h1-9,16H,10-12,17-18H2/t16-/m0/s1. The first-order valence-corrected chi connectivity index (χ1v) is 6.52. The topological polar surface area (TPSA) is 61.3 Å². The molecule has 2 aromatic rings. The van der Waals surface area contributed by atoms with E-state index in [0.717, 1.165) is 23.3 Å². The molecule has 0 aliphatic rings. The van der Waals surface area contributed by atoms with E-state index in [4.69, 9.17) is 16.2 Å². The lowest BCUT2D eigenvalue weighted by molar-refractivity contribution is 0.306. The summed E-state index contributed by atoms with van der Waals surface area (Å²) < 4.78 is 5.72. The third-order valence-corrected chi connectivity index (χ3v) is 3.03. The fraction of sp³-hybridized carbons (Fsp3) is 0.250. The maximum atomic E-state index is 6.00. The van der Waals surface area contributed by atoms with Gasteiger partial charge in [-0.1, -0.05) is 42.5 Å². The molecule has 0 bridgehead atoms. The summed E-state index contributed by atoms with van der Waals surface area (Å²) in [6, 6.07) is 18.0. The molecular formula is C16H20N2O. The first-order valence-electron chi connectivity index (χ1n) is 6.52. The second-order valence-corrected chi connectivity index (χ2v) is 4.53. The summed E-state index contributed by atoms with van der Waals surface area (Å²) in [5, 5.41) is 0. The molecule has 0 aromatic heterocycles. The van der Waals surface area contributed by atoms with Crippen LogP contribution in [0.2, 0.25) is 0 Å². The zero-order valence-corrected chi connectivity index (χ0v) is 11.0. The Labute approximate surface area is 114 Å². The zero-order chi connectivity index (χ0) is 13.5. The predicted octanol–water partition coefficient (Wildman–Crippen LogP) is 2.61. The smallest absolute Gasteiger partial charge is 0.119 e. The quantitative estimate of drug-likeness (QED) is 0.835. The number of benzene rings is 2. The van der Waals surface area contributed by atoms with Crippen LogP contribution in [-0.4, -0.2) is 6.54 Å². The molecule has 100 valence electrons. The monoisotopic (exact) mass is 256 g/mol. The Hall–Kier alpha value is -1.84. The molecule has 1 atom stereocenters. The lowest BCUT2D eigenvalue weighted by Crippen LogP contribution is -2.15. The van der Waals surface area contributed by atoms with Gasteiger partial charge in [0.2, 0.25) is 0 Å². The van der Waals surface area contributed by atoms with Crippen molar-refractivity contribution in [3.8, 4) is 5.75 Å². The molecule has 0 saturated carbocycles. The number of rotatable bonds is 6. The van der Waals surface area contributed by atoms with Crippen molar-refractivity contribution in [2.24, 2.45) is 11.5 Å². The maximum Gasteiger partial charge on any atom is 0.119 e. The molecule has 0 fully saturated rings. The van der Waals surface area contributed by atoms with E-state index in [2.05, 4.69) is 0 Å². The molecule has 4 N–H and O–H groups in total. The van der Waals surface area contributed by atoms with Crippen LogP contribution in [0.25, 0.3) is 0 Å². The molecule has 3 heteroatoms. The van der Waals surface area contributed by atoms with E-state index in [9.17, 15) is 0 Å². The summed E-state index contributed by atoms with van der Waals surface area (Å²) in [5.74, 6) is 0.854. The SMILES string of the molecule is NCC[C@H](N)c1ccc(OCc2ccccc2)cc1. The van der Waals surface area contributed by atoms with Gasteiger partial charge in [-0.25, -0.2) is 0 Å². The molecule has 3 nitrogen and oxygen atoms in total. The van der Waals surface area contributed by atoms with E-state index in [-0.39, 0.29) is 6.04 Å². The van der Waals surface area contributed by atoms with Crippen molar-refractivity contribution in [1.82, 2.24) is 0 Å². The highest BCUT2D eigenvalue weighted by atomic mass is 16.5. The van der Waals surface area contributed by atoms with Crippen LogP contribution in [0, 0.1) is 0 Å². The van der Waals surface area contributed by atoms with Crippen LogP contribution in [0.1, 0.15) is 23.6 Å². The highest BCUT2D eigenvalue weighted by molar-refractivity contribution is 5.29. The van der Waals surface area contributed by atoms with Gasteiger partial charge in [0.05, 0.1) is 0 Å². The molecule has 0 aliphatic carbocycles. The van der Waals surface area contributed by atoms with Crippen LogP contribution in [0.5, 0.6) is 5.75 Å². The first kappa shape index (κ1) is 13.6. The highest BCUT2D eigenvalue weighted by Crippen LogP contribution is 2.19. The molecular weight excluding hydrogens is 236 g/mol. The van der Waals surface area contributed by atoms with Crippen LogP contribution in [-0.2, 0) is 6.61 Å². The second kappa shape index (κ2) is 6.92. The van der Waals surface area contributed by atoms with Crippen molar-refractivity contribution in [3.05, 3.63) is 65.7 Å². The molecule has 0 spiro atoms. The Kier molecular flexibility index (Phi) is 4.95. The van der Waals surface area contributed by atoms with Gasteiger partial charge in [-0.05, 0) is 36.2 Å². The Bertz CT molecular complexity index is 482. The third-order valence-electron chi connectivity index (χ3n) is 3.03. The van der Waals surface area contributed by atoms with Crippen LogP contribution in [0.4, 0.5) is 0 Å². The van der Waals surface area contributed by atoms with E-state index < -0.39 is 0 Å². The molecule has 19 heavy (non-hydrogen) atoms. The largest absolute Gasteiger partial charge is 0.489 e. The van der Waals surface area contributed by atoms with Crippen LogP contribution < -0.4 is 16.2 Å². The summed E-state index contributed by atoms with van der Waals surface area (Å²) in [5.41, 5.74) is 13.8. The molecule has 0 amide bonds. The van der Waals surface area contributed by atoms with E-state index in [0.29, 0.717) is 13.2 Å². The molecule has 0 radical (unpaired) electrons. The van der Waals surface area contributed by atoms with Gasteiger partial charge in [-0.15, -0.1) is 0 Å². The van der Waals surface area contributed by atoms with E-state index in [1.165, 1.54) is 0 Å². The minimum atomic E-state index is 0.00757. The van der Waals surface area contributed by atoms with Crippen molar-refractivity contribution in [2.45, 2.75) is 19.1 Å². The van der Waals surface area contributed by atoms with Crippen LogP contribution in [0.3, 0.4) is 0 Å². The minimum Gasteiger partial charge on any atom is -0.489 e. The van der Waals surface area contributed by atoms with Crippen molar-refractivity contribution < 1.29 is 4.74 Å². The Balaban J connectivity index is 1.92. The van der Waals surface area contributed by atoms with Gasteiger partial charge in [0, 0.05) is 6.04 Å². The lowest BCUT2D eigenvalue weighted by atomic mass is 10.0. The normalized spacial score (nSPS) is 12.1. The second-order valence-electron chi connectivity index (χ2n) is 4.53. The molecule has 0 unspecified atom stereocenters. The van der Waals surface area contributed by atoms with E-state index >= 15 is 0 Å². The Morgan fingerprint density at radius 1 is 0.947 bits per heavy atom. The lowest BCUT2D eigenvalue weighted by Gasteiger charge is -2.12. The molecule has 2 aromatic carbocycles. The maximum absolute atomic E-state index is 6.00. The van der Waals surface area contributed by atoms with Gasteiger partial charge < -0.3 is 16.2 Å². The summed E-state index contributed by atoms with van der Waals surface area (Å²) in [6.07, 6.45) is 0.796. The van der Waals surface area contributed by atoms with Gasteiger partial charge in [0.1, 0.15) is 12.4 Å². The summed E-state index contributed by atoms with van der Waals surface area (Å²) >= 11 is 0. The van der Waals surface area contributed by atoms with E-state index in [1.807, 2.05) is 54.6 Å². The third kappa shape index (κ3) is 4.09. The van der Waals surface area contributed by atoms with Crippen molar-refractivity contribution in [2.75, 3.05) is 6.54 Å². The van der Waals surface area contributed by atoms with E-state index in [1.54, 1.807) is 0 Å². The number of ether oxygens (including phenoxy) is 1. The number of hydrogen-bond acceptors (Lipinski definition) is 3.